The fourth-order valence-electron chi connectivity index (χ4n) is 2.43. The van der Waals surface area contributed by atoms with Crippen molar-refractivity contribution in [1.82, 2.24) is 0 Å². The van der Waals surface area contributed by atoms with E-state index in [4.69, 9.17) is 9.47 Å². The van der Waals surface area contributed by atoms with Crippen LogP contribution in [0.1, 0.15) is 90.4 Å². The van der Waals surface area contributed by atoms with Crippen LogP contribution in [0.5, 0.6) is 0 Å². The van der Waals surface area contributed by atoms with E-state index in [1.807, 2.05) is 0 Å². The van der Waals surface area contributed by atoms with E-state index in [1.54, 1.807) is 0 Å². The quantitative estimate of drug-likeness (QED) is 0.215. The van der Waals surface area contributed by atoms with Crippen LogP contribution in [0.4, 0.5) is 0 Å². The zero-order chi connectivity index (χ0) is 19.5. The number of ether oxygens (including phenoxy) is 3. The van der Waals surface area contributed by atoms with E-state index in [9.17, 15) is 14.4 Å². The molecule has 0 heterocycles. The molecule has 26 heavy (non-hydrogen) atoms. The van der Waals surface area contributed by atoms with Crippen molar-refractivity contribution in [3.63, 3.8) is 0 Å². The molecule has 0 amide bonds. The van der Waals surface area contributed by atoms with E-state index in [2.05, 4.69) is 11.7 Å². The van der Waals surface area contributed by atoms with Crippen LogP contribution in [0.3, 0.4) is 0 Å². The SMILES string of the molecule is CCCCCCCCCOC(=O)CCC(=O)OCCCCCC(=O)OC. The van der Waals surface area contributed by atoms with Gasteiger partial charge in [-0.2, -0.15) is 0 Å². The monoisotopic (exact) mass is 372 g/mol. The summed E-state index contributed by atoms with van der Waals surface area (Å²) in [6.07, 6.45) is 10.9. The molecule has 0 aliphatic heterocycles. The van der Waals surface area contributed by atoms with E-state index in [1.165, 1.54) is 39.2 Å². The first-order valence-electron chi connectivity index (χ1n) is 9.98. The largest absolute Gasteiger partial charge is 0.469 e. The molecule has 0 aliphatic rings. The van der Waals surface area contributed by atoms with E-state index >= 15 is 0 Å². The van der Waals surface area contributed by atoms with Crippen LogP contribution in [0.25, 0.3) is 0 Å². The smallest absolute Gasteiger partial charge is 0.306 e. The van der Waals surface area contributed by atoms with Crippen molar-refractivity contribution >= 4 is 17.9 Å². The van der Waals surface area contributed by atoms with Crippen molar-refractivity contribution in [2.45, 2.75) is 90.4 Å². The molecule has 0 spiro atoms. The van der Waals surface area contributed by atoms with Crippen molar-refractivity contribution < 1.29 is 28.6 Å². The highest BCUT2D eigenvalue weighted by molar-refractivity contribution is 5.77. The fourth-order valence-corrected chi connectivity index (χ4v) is 2.43. The van der Waals surface area contributed by atoms with Gasteiger partial charge in [-0.3, -0.25) is 14.4 Å². The Bertz CT molecular complexity index is 380. The van der Waals surface area contributed by atoms with Gasteiger partial charge in [-0.25, -0.2) is 0 Å². The van der Waals surface area contributed by atoms with E-state index in [0.29, 0.717) is 26.1 Å². The molecule has 0 unspecified atom stereocenters. The molecule has 0 aliphatic carbocycles. The average molecular weight is 373 g/mol. The third-order valence-corrected chi connectivity index (χ3v) is 4.06. The highest BCUT2D eigenvalue weighted by Crippen LogP contribution is 2.07. The summed E-state index contributed by atoms with van der Waals surface area (Å²) in [7, 11) is 1.36. The number of esters is 3. The second-order valence-corrected chi connectivity index (χ2v) is 6.45. The van der Waals surface area contributed by atoms with Gasteiger partial charge < -0.3 is 14.2 Å². The first kappa shape index (κ1) is 24.4. The molecule has 0 bridgehead atoms. The maximum Gasteiger partial charge on any atom is 0.306 e. The third-order valence-electron chi connectivity index (χ3n) is 4.06. The molecule has 0 fully saturated rings. The molecule has 0 saturated heterocycles. The summed E-state index contributed by atoms with van der Waals surface area (Å²) in [5, 5.41) is 0. The molecule has 0 atom stereocenters. The number of hydrogen-bond acceptors (Lipinski definition) is 6. The second-order valence-electron chi connectivity index (χ2n) is 6.45. The minimum Gasteiger partial charge on any atom is -0.469 e. The van der Waals surface area contributed by atoms with E-state index in [0.717, 1.165) is 25.7 Å². The molecular weight excluding hydrogens is 336 g/mol. The highest BCUT2D eigenvalue weighted by atomic mass is 16.5. The predicted molar refractivity (Wildman–Crippen MR) is 99.6 cm³/mol. The van der Waals surface area contributed by atoms with Gasteiger partial charge in [0.2, 0.25) is 0 Å². The molecule has 0 N–H and O–H groups in total. The molecule has 6 nitrogen and oxygen atoms in total. The van der Waals surface area contributed by atoms with Crippen LogP contribution in [0.15, 0.2) is 0 Å². The third kappa shape index (κ3) is 17.2. The minimum atomic E-state index is -0.383. The highest BCUT2D eigenvalue weighted by Gasteiger charge is 2.09. The molecule has 0 saturated carbocycles. The number of unbranched alkanes of at least 4 members (excludes halogenated alkanes) is 8. The lowest BCUT2D eigenvalue weighted by Crippen LogP contribution is -2.11. The van der Waals surface area contributed by atoms with Crippen LogP contribution >= 0.6 is 0 Å². The van der Waals surface area contributed by atoms with Crippen molar-refractivity contribution in [2.24, 2.45) is 0 Å². The van der Waals surface area contributed by atoms with Crippen LogP contribution in [0, 0.1) is 0 Å². The summed E-state index contributed by atoms with van der Waals surface area (Å²) in [5.41, 5.74) is 0. The Balaban J connectivity index is 3.39. The maximum absolute atomic E-state index is 11.6. The van der Waals surface area contributed by atoms with Gasteiger partial charge >= 0.3 is 17.9 Å². The van der Waals surface area contributed by atoms with Crippen molar-refractivity contribution in [1.29, 1.82) is 0 Å². The average Bonchev–Trinajstić information content (AvgIpc) is 2.64. The second kappa shape index (κ2) is 18.2. The lowest BCUT2D eigenvalue weighted by Gasteiger charge is -2.06. The van der Waals surface area contributed by atoms with Crippen LogP contribution < -0.4 is 0 Å². The van der Waals surface area contributed by atoms with Crippen molar-refractivity contribution in [2.75, 3.05) is 20.3 Å². The van der Waals surface area contributed by atoms with Crippen molar-refractivity contribution in [3.05, 3.63) is 0 Å². The van der Waals surface area contributed by atoms with Gasteiger partial charge in [0.25, 0.3) is 0 Å². The zero-order valence-electron chi connectivity index (χ0n) is 16.6. The van der Waals surface area contributed by atoms with Gasteiger partial charge in [0.1, 0.15) is 0 Å². The Kier molecular flexibility index (Phi) is 17.1. The summed E-state index contributed by atoms with van der Waals surface area (Å²) in [5.74, 6) is -0.950. The molecule has 0 aromatic heterocycles. The van der Waals surface area contributed by atoms with E-state index in [-0.39, 0.29) is 30.7 Å². The number of methoxy groups -OCH3 is 1. The van der Waals surface area contributed by atoms with Gasteiger partial charge in [0.05, 0.1) is 33.2 Å². The number of carbonyl (C=O) groups excluding carboxylic acids is 3. The van der Waals surface area contributed by atoms with Gasteiger partial charge in [-0.1, -0.05) is 45.4 Å². The summed E-state index contributed by atoms with van der Waals surface area (Å²) >= 11 is 0. The molecule has 0 rings (SSSR count). The predicted octanol–water partition coefficient (Wildman–Crippen LogP) is 4.34. The Morgan fingerprint density at radius 2 is 1.04 bits per heavy atom. The summed E-state index contributed by atoms with van der Waals surface area (Å²) in [4.78, 5) is 34.0. The Morgan fingerprint density at radius 1 is 0.577 bits per heavy atom. The lowest BCUT2D eigenvalue weighted by atomic mass is 10.1. The lowest BCUT2D eigenvalue weighted by molar-refractivity contribution is -0.150. The number of rotatable bonds is 17. The molecule has 0 aromatic rings. The van der Waals surface area contributed by atoms with Crippen LogP contribution in [-0.2, 0) is 28.6 Å². The summed E-state index contributed by atoms with van der Waals surface area (Å²) < 4.78 is 14.7. The first-order valence-corrected chi connectivity index (χ1v) is 9.98. The topological polar surface area (TPSA) is 78.9 Å². The standard InChI is InChI=1S/C20H36O6/c1-3-4-5-6-7-8-11-16-25-19(22)14-15-20(23)26-17-12-9-10-13-18(21)24-2/h3-17H2,1-2H3. The summed E-state index contributed by atoms with van der Waals surface area (Å²) in [6, 6.07) is 0. The molecule has 0 radical (unpaired) electrons. The minimum absolute atomic E-state index is 0.0536. The van der Waals surface area contributed by atoms with Crippen LogP contribution in [0.2, 0.25) is 0 Å². The fraction of sp³-hybridized carbons (Fsp3) is 0.850. The van der Waals surface area contributed by atoms with Gasteiger partial charge in [-0.15, -0.1) is 0 Å². The number of carbonyl (C=O) groups is 3. The first-order chi connectivity index (χ1) is 12.6. The molecule has 0 aromatic carbocycles. The van der Waals surface area contributed by atoms with Gasteiger partial charge in [-0.05, 0) is 25.7 Å². The van der Waals surface area contributed by atoms with Gasteiger partial charge in [0, 0.05) is 6.42 Å². The van der Waals surface area contributed by atoms with E-state index < -0.39 is 0 Å². The Morgan fingerprint density at radius 3 is 1.54 bits per heavy atom. The maximum atomic E-state index is 11.6. The van der Waals surface area contributed by atoms with Crippen molar-refractivity contribution in [3.8, 4) is 0 Å². The normalized spacial score (nSPS) is 10.4. The van der Waals surface area contributed by atoms with Crippen LogP contribution in [-0.4, -0.2) is 38.2 Å². The molecule has 152 valence electrons. The summed E-state index contributed by atoms with van der Waals surface area (Å²) in [6.45, 7) is 2.94. The molecule has 6 heteroatoms. The van der Waals surface area contributed by atoms with Gasteiger partial charge in [0.15, 0.2) is 0 Å². The Labute approximate surface area is 157 Å². The zero-order valence-corrected chi connectivity index (χ0v) is 16.6. The Hall–Kier alpha value is -1.59. The molecular formula is C20H36O6. The number of hydrogen-bond donors (Lipinski definition) is 0.